The van der Waals surface area contributed by atoms with Gasteiger partial charge in [0.25, 0.3) is 0 Å². The van der Waals surface area contributed by atoms with Crippen molar-refractivity contribution in [3.05, 3.63) is 11.9 Å². The smallest absolute Gasteiger partial charge is 0.0657 e. The molecule has 5 heteroatoms. The highest BCUT2D eigenvalue weighted by molar-refractivity contribution is 7.79. The Balaban J connectivity index is 3.10. The van der Waals surface area contributed by atoms with Gasteiger partial charge in [0, 0.05) is 6.54 Å². The average Bonchev–Trinajstić information content (AvgIpc) is 2.30. The Labute approximate surface area is 67.5 Å². The molecule has 0 aliphatic rings. The van der Waals surface area contributed by atoms with E-state index in [4.69, 9.17) is 0 Å². The van der Waals surface area contributed by atoms with E-state index in [2.05, 4.69) is 5.10 Å². The number of hydrogen-bond donors (Lipinski definition) is 0. The van der Waals surface area contributed by atoms with E-state index in [1.165, 1.54) is 6.20 Å². The SMILES string of the molecule is CCn1ncc(S(=O)[O-])c1C. The van der Waals surface area contributed by atoms with Crippen LogP contribution in [0.3, 0.4) is 0 Å². The van der Waals surface area contributed by atoms with Gasteiger partial charge in [0.1, 0.15) is 0 Å². The maximum Gasteiger partial charge on any atom is 0.0657 e. The van der Waals surface area contributed by atoms with Crippen LogP contribution in [0.5, 0.6) is 0 Å². The van der Waals surface area contributed by atoms with E-state index in [0.29, 0.717) is 12.2 Å². The fourth-order valence-electron chi connectivity index (χ4n) is 0.912. The van der Waals surface area contributed by atoms with E-state index in [9.17, 15) is 8.76 Å². The molecule has 11 heavy (non-hydrogen) atoms. The van der Waals surface area contributed by atoms with Crippen molar-refractivity contribution in [1.82, 2.24) is 9.78 Å². The van der Waals surface area contributed by atoms with Gasteiger partial charge in [-0.15, -0.1) is 0 Å². The Hall–Kier alpha value is -0.680. The average molecular weight is 173 g/mol. The molecule has 1 heterocycles. The molecule has 0 N–H and O–H groups in total. The molecule has 1 aromatic heterocycles. The Morgan fingerprint density at radius 2 is 2.45 bits per heavy atom. The van der Waals surface area contributed by atoms with Crippen molar-refractivity contribution >= 4 is 11.1 Å². The van der Waals surface area contributed by atoms with Crippen LogP contribution in [0.1, 0.15) is 12.6 Å². The van der Waals surface area contributed by atoms with Crippen molar-refractivity contribution in [2.24, 2.45) is 0 Å². The molecule has 0 radical (unpaired) electrons. The molecule has 4 nitrogen and oxygen atoms in total. The maximum atomic E-state index is 10.5. The van der Waals surface area contributed by atoms with Crippen molar-refractivity contribution in [2.75, 3.05) is 0 Å². The van der Waals surface area contributed by atoms with Crippen LogP contribution < -0.4 is 0 Å². The van der Waals surface area contributed by atoms with Gasteiger partial charge in [-0.05, 0) is 24.9 Å². The Kier molecular flexibility index (Phi) is 2.41. The first-order chi connectivity index (χ1) is 5.16. The normalized spacial score (nSPS) is 13.4. The van der Waals surface area contributed by atoms with Gasteiger partial charge in [0.15, 0.2) is 0 Å². The summed E-state index contributed by atoms with van der Waals surface area (Å²) in [5.74, 6) is 0. The van der Waals surface area contributed by atoms with E-state index in [1.807, 2.05) is 6.92 Å². The molecule has 0 saturated heterocycles. The van der Waals surface area contributed by atoms with Crippen molar-refractivity contribution in [3.63, 3.8) is 0 Å². The van der Waals surface area contributed by atoms with E-state index in [1.54, 1.807) is 11.6 Å². The molecule has 0 bridgehead atoms. The van der Waals surface area contributed by atoms with Crippen molar-refractivity contribution in [1.29, 1.82) is 0 Å². The summed E-state index contributed by atoms with van der Waals surface area (Å²) < 4.78 is 22.6. The molecule has 0 amide bonds. The van der Waals surface area contributed by atoms with Gasteiger partial charge in [-0.1, -0.05) is 0 Å². The summed E-state index contributed by atoms with van der Waals surface area (Å²) in [6.07, 6.45) is 1.36. The second-order valence-corrected chi connectivity index (χ2v) is 3.05. The summed E-state index contributed by atoms with van der Waals surface area (Å²) in [6.45, 7) is 4.35. The molecule has 1 unspecified atom stereocenters. The van der Waals surface area contributed by atoms with Gasteiger partial charge in [-0.3, -0.25) is 8.89 Å². The lowest BCUT2D eigenvalue weighted by atomic mass is 10.5. The minimum Gasteiger partial charge on any atom is -0.768 e. The van der Waals surface area contributed by atoms with Crippen molar-refractivity contribution < 1.29 is 8.76 Å². The lowest BCUT2D eigenvalue weighted by molar-refractivity contribution is 0.535. The molecular formula is C6H9N2O2S-. The highest BCUT2D eigenvalue weighted by Gasteiger charge is 2.03. The number of rotatable bonds is 2. The molecule has 0 spiro atoms. The zero-order chi connectivity index (χ0) is 8.43. The predicted octanol–water partition coefficient (Wildman–Crippen LogP) is 0.449. The van der Waals surface area contributed by atoms with Crippen LogP contribution in [0.15, 0.2) is 11.1 Å². The van der Waals surface area contributed by atoms with Crippen LogP contribution >= 0.6 is 0 Å². The third-order valence-corrected chi connectivity index (χ3v) is 2.30. The zero-order valence-electron chi connectivity index (χ0n) is 6.40. The first kappa shape index (κ1) is 8.42. The molecular weight excluding hydrogens is 164 g/mol. The van der Waals surface area contributed by atoms with Crippen LogP contribution in [-0.2, 0) is 17.6 Å². The fraction of sp³-hybridized carbons (Fsp3) is 0.500. The summed E-state index contributed by atoms with van der Waals surface area (Å²) >= 11 is -2.15. The van der Waals surface area contributed by atoms with Crippen LogP contribution in [0, 0.1) is 6.92 Å². The Morgan fingerprint density at radius 3 is 2.73 bits per heavy atom. The summed E-state index contributed by atoms with van der Waals surface area (Å²) in [6, 6.07) is 0. The van der Waals surface area contributed by atoms with E-state index >= 15 is 0 Å². The molecule has 0 fully saturated rings. The molecule has 0 aliphatic heterocycles. The van der Waals surface area contributed by atoms with Crippen molar-refractivity contribution in [2.45, 2.75) is 25.3 Å². The summed E-state index contributed by atoms with van der Waals surface area (Å²) in [5.41, 5.74) is 0.695. The summed E-state index contributed by atoms with van der Waals surface area (Å²) in [7, 11) is 0. The van der Waals surface area contributed by atoms with E-state index < -0.39 is 11.1 Å². The van der Waals surface area contributed by atoms with Gasteiger partial charge in [-0.2, -0.15) is 5.10 Å². The number of hydrogen-bond acceptors (Lipinski definition) is 3. The summed E-state index contributed by atoms with van der Waals surface area (Å²) in [4.78, 5) is 0.284. The zero-order valence-corrected chi connectivity index (χ0v) is 7.22. The molecule has 0 aromatic carbocycles. The monoisotopic (exact) mass is 173 g/mol. The van der Waals surface area contributed by atoms with Gasteiger partial charge in [0.05, 0.1) is 16.8 Å². The minimum atomic E-state index is -2.15. The highest BCUT2D eigenvalue weighted by Crippen LogP contribution is 2.09. The fourth-order valence-corrected chi connectivity index (χ4v) is 1.39. The third kappa shape index (κ3) is 1.49. The van der Waals surface area contributed by atoms with Gasteiger partial charge < -0.3 is 4.55 Å². The Bertz CT molecular complexity index is 282. The predicted molar refractivity (Wildman–Crippen MR) is 39.8 cm³/mol. The first-order valence-corrected chi connectivity index (χ1v) is 4.36. The Morgan fingerprint density at radius 1 is 1.82 bits per heavy atom. The second-order valence-electron chi connectivity index (χ2n) is 2.14. The highest BCUT2D eigenvalue weighted by atomic mass is 32.2. The lowest BCUT2D eigenvalue weighted by Crippen LogP contribution is -1.99. The second kappa shape index (κ2) is 3.15. The van der Waals surface area contributed by atoms with E-state index in [0.717, 1.165) is 0 Å². The maximum absolute atomic E-state index is 10.5. The quantitative estimate of drug-likeness (QED) is 0.610. The number of nitrogens with zero attached hydrogens (tertiary/aromatic N) is 2. The number of aryl methyl sites for hydroxylation is 1. The lowest BCUT2D eigenvalue weighted by Gasteiger charge is -2.03. The third-order valence-electron chi connectivity index (χ3n) is 1.54. The van der Waals surface area contributed by atoms with Gasteiger partial charge >= 0.3 is 0 Å². The molecule has 1 aromatic rings. The van der Waals surface area contributed by atoms with Crippen LogP contribution in [0.2, 0.25) is 0 Å². The molecule has 0 saturated carbocycles. The first-order valence-electron chi connectivity index (χ1n) is 3.28. The number of aromatic nitrogens is 2. The topological polar surface area (TPSA) is 58.0 Å². The largest absolute Gasteiger partial charge is 0.768 e. The van der Waals surface area contributed by atoms with Crippen molar-refractivity contribution in [3.8, 4) is 0 Å². The van der Waals surface area contributed by atoms with Gasteiger partial charge in [-0.25, -0.2) is 0 Å². The van der Waals surface area contributed by atoms with Crippen LogP contribution in [0.25, 0.3) is 0 Å². The minimum absolute atomic E-state index is 0.284. The standard InChI is InChI=1S/C6H10N2O2S/c1-3-8-5(2)6(4-7-8)11(9)10/h4H,3H2,1-2H3,(H,9,10)/p-1. The van der Waals surface area contributed by atoms with Crippen LogP contribution in [-0.4, -0.2) is 18.5 Å². The van der Waals surface area contributed by atoms with Crippen LogP contribution in [0.4, 0.5) is 0 Å². The summed E-state index contributed by atoms with van der Waals surface area (Å²) in [5, 5.41) is 3.88. The molecule has 62 valence electrons. The van der Waals surface area contributed by atoms with Gasteiger partial charge in [0.2, 0.25) is 0 Å². The molecule has 1 rings (SSSR count). The molecule has 1 atom stereocenters. The molecule has 0 aliphatic carbocycles. The van der Waals surface area contributed by atoms with E-state index in [-0.39, 0.29) is 4.90 Å².